The van der Waals surface area contributed by atoms with Crippen molar-refractivity contribution < 1.29 is 0 Å². The van der Waals surface area contributed by atoms with Gasteiger partial charge in [0, 0.05) is 23.9 Å². The van der Waals surface area contributed by atoms with Crippen LogP contribution in [0.1, 0.15) is 56.6 Å². The second kappa shape index (κ2) is 5.79. The van der Waals surface area contributed by atoms with E-state index in [0.29, 0.717) is 5.92 Å². The minimum atomic E-state index is 0.660. The Morgan fingerprint density at radius 2 is 1.78 bits per heavy atom. The number of aromatic nitrogens is 2. The van der Waals surface area contributed by atoms with Gasteiger partial charge in [0.15, 0.2) is 0 Å². The fourth-order valence-corrected chi connectivity index (χ4v) is 3.55. The molecule has 0 aromatic carbocycles. The van der Waals surface area contributed by atoms with Crippen LogP contribution in [0.3, 0.4) is 0 Å². The predicted molar refractivity (Wildman–Crippen MR) is 72.5 cm³/mol. The number of nitrogens with zero attached hydrogens (tertiary/aromatic N) is 3. The molecule has 2 aliphatic rings. The first-order valence-corrected chi connectivity index (χ1v) is 7.43. The highest BCUT2D eigenvalue weighted by atomic mass is 15.2. The first kappa shape index (κ1) is 12.1. The van der Waals surface area contributed by atoms with E-state index in [0.717, 1.165) is 6.04 Å². The van der Waals surface area contributed by atoms with Crippen LogP contribution < -0.4 is 0 Å². The van der Waals surface area contributed by atoms with Crippen LogP contribution in [0, 0.1) is 0 Å². The fourth-order valence-electron chi connectivity index (χ4n) is 3.55. The molecule has 3 rings (SSSR count). The molecular weight excluding hydrogens is 222 g/mol. The summed E-state index contributed by atoms with van der Waals surface area (Å²) in [6.07, 6.45) is 13.3. The zero-order chi connectivity index (χ0) is 12.2. The second-order valence-electron chi connectivity index (χ2n) is 5.74. The molecule has 98 valence electrons. The van der Waals surface area contributed by atoms with Gasteiger partial charge in [0.2, 0.25) is 0 Å². The Labute approximate surface area is 110 Å². The van der Waals surface area contributed by atoms with E-state index in [1.54, 1.807) is 6.33 Å². The Bertz CT molecular complexity index is 351. The van der Waals surface area contributed by atoms with E-state index in [1.165, 1.54) is 63.7 Å². The van der Waals surface area contributed by atoms with Crippen LogP contribution in [0.5, 0.6) is 0 Å². The average molecular weight is 245 g/mol. The molecule has 1 saturated carbocycles. The molecule has 0 amide bonds. The van der Waals surface area contributed by atoms with Crippen molar-refractivity contribution in [3.63, 3.8) is 0 Å². The summed E-state index contributed by atoms with van der Waals surface area (Å²) < 4.78 is 0. The lowest BCUT2D eigenvalue weighted by molar-refractivity contribution is 0.121. The average Bonchev–Trinajstić information content (AvgIpc) is 2.49. The third-order valence-electron chi connectivity index (χ3n) is 4.64. The number of likely N-dealkylation sites (tertiary alicyclic amines) is 1. The third kappa shape index (κ3) is 2.72. The van der Waals surface area contributed by atoms with Crippen molar-refractivity contribution in [3.05, 3.63) is 24.3 Å². The first-order chi connectivity index (χ1) is 8.93. The van der Waals surface area contributed by atoms with Crippen molar-refractivity contribution in [2.75, 3.05) is 13.1 Å². The van der Waals surface area contributed by atoms with Crippen LogP contribution in [-0.4, -0.2) is 34.0 Å². The molecule has 0 spiro atoms. The van der Waals surface area contributed by atoms with E-state index in [2.05, 4.69) is 20.9 Å². The summed E-state index contributed by atoms with van der Waals surface area (Å²) in [5, 5.41) is 0. The van der Waals surface area contributed by atoms with Crippen LogP contribution in [0.25, 0.3) is 0 Å². The van der Waals surface area contributed by atoms with Crippen molar-refractivity contribution in [1.82, 2.24) is 14.9 Å². The van der Waals surface area contributed by atoms with Crippen molar-refractivity contribution in [2.24, 2.45) is 0 Å². The number of piperidine rings is 1. The summed E-state index contributed by atoms with van der Waals surface area (Å²) in [5.74, 6) is 0.660. The Hall–Kier alpha value is -0.960. The molecule has 0 N–H and O–H groups in total. The first-order valence-electron chi connectivity index (χ1n) is 7.43. The van der Waals surface area contributed by atoms with Crippen molar-refractivity contribution in [3.8, 4) is 0 Å². The third-order valence-corrected chi connectivity index (χ3v) is 4.64. The van der Waals surface area contributed by atoms with Gasteiger partial charge in [-0.15, -0.1) is 0 Å². The molecule has 0 radical (unpaired) electrons. The Morgan fingerprint density at radius 3 is 2.44 bits per heavy atom. The van der Waals surface area contributed by atoms with E-state index in [4.69, 9.17) is 0 Å². The lowest BCUT2D eigenvalue weighted by Gasteiger charge is -2.39. The van der Waals surface area contributed by atoms with Gasteiger partial charge in [0.1, 0.15) is 6.33 Å². The molecule has 0 unspecified atom stereocenters. The molecule has 3 heteroatoms. The highest BCUT2D eigenvalue weighted by Crippen LogP contribution is 2.30. The Kier molecular flexibility index (Phi) is 3.89. The highest BCUT2D eigenvalue weighted by molar-refractivity contribution is 5.07. The smallest absolute Gasteiger partial charge is 0.115 e. The molecule has 0 bridgehead atoms. The monoisotopic (exact) mass is 245 g/mol. The summed E-state index contributed by atoms with van der Waals surface area (Å²) in [5.41, 5.74) is 1.24. The fraction of sp³-hybridized carbons (Fsp3) is 0.733. The molecule has 0 atom stereocenters. The standard InChI is InChI=1S/C15H23N3/c1-2-4-14(5-3-1)18-10-7-13(8-11-18)15-6-9-16-12-17-15/h6,9,12-14H,1-5,7-8,10-11H2. The number of hydrogen-bond acceptors (Lipinski definition) is 3. The van der Waals surface area contributed by atoms with E-state index in [9.17, 15) is 0 Å². The summed E-state index contributed by atoms with van der Waals surface area (Å²) in [6, 6.07) is 2.96. The van der Waals surface area contributed by atoms with Gasteiger partial charge in [-0.3, -0.25) is 0 Å². The van der Waals surface area contributed by atoms with Crippen LogP contribution >= 0.6 is 0 Å². The topological polar surface area (TPSA) is 29.0 Å². The summed E-state index contributed by atoms with van der Waals surface area (Å²) in [7, 11) is 0. The predicted octanol–water partition coefficient (Wildman–Crippen LogP) is 2.99. The van der Waals surface area contributed by atoms with Gasteiger partial charge in [-0.2, -0.15) is 0 Å². The van der Waals surface area contributed by atoms with E-state index >= 15 is 0 Å². The van der Waals surface area contributed by atoms with Crippen molar-refractivity contribution >= 4 is 0 Å². The molecule has 1 aromatic heterocycles. The molecule has 3 nitrogen and oxygen atoms in total. The second-order valence-corrected chi connectivity index (χ2v) is 5.74. The van der Waals surface area contributed by atoms with Gasteiger partial charge in [-0.25, -0.2) is 9.97 Å². The number of hydrogen-bond donors (Lipinski definition) is 0. The maximum Gasteiger partial charge on any atom is 0.115 e. The molecular formula is C15H23N3. The summed E-state index contributed by atoms with van der Waals surface area (Å²) in [6.45, 7) is 2.53. The van der Waals surface area contributed by atoms with Crippen LogP contribution in [0.15, 0.2) is 18.6 Å². The minimum absolute atomic E-state index is 0.660. The van der Waals surface area contributed by atoms with Crippen LogP contribution in [-0.2, 0) is 0 Å². The quantitative estimate of drug-likeness (QED) is 0.802. The van der Waals surface area contributed by atoms with Crippen LogP contribution in [0.4, 0.5) is 0 Å². The molecule has 2 fully saturated rings. The van der Waals surface area contributed by atoms with Gasteiger partial charge in [-0.05, 0) is 44.8 Å². The normalized spacial score (nSPS) is 24.2. The van der Waals surface area contributed by atoms with Gasteiger partial charge >= 0.3 is 0 Å². The van der Waals surface area contributed by atoms with Crippen molar-refractivity contribution in [1.29, 1.82) is 0 Å². The van der Waals surface area contributed by atoms with Gasteiger partial charge < -0.3 is 4.90 Å². The zero-order valence-corrected chi connectivity index (χ0v) is 11.1. The van der Waals surface area contributed by atoms with Crippen molar-refractivity contribution in [2.45, 2.75) is 56.9 Å². The van der Waals surface area contributed by atoms with Gasteiger partial charge in [-0.1, -0.05) is 19.3 Å². The largest absolute Gasteiger partial charge is 0.300 e. The molecule has 1 aliphatic carbocycles. The lowest BCUT2D eigenvalue weighted by atomic mass is 9.89. The molecule has 18 heavy (non-hydrogen) atoms. The number of rotatable bonds is 2. The Balaban J connectivity index is 1.54. The van der Waals surface area contributed by atoms with E-state index < -0.39 is 0 Å². The minimum Gasteiger partial charge on any atom is -0.300 e. The highest BCUT2D eigenvalue weighted by Gasteiger charge is 2.27. The SMILES string of the molecule is c1cc(C2CCN(C3CCCCC3)CC2)ncn1. The molecule has 1 aliphatic heterocycles. The summed E-state index contributed by atoms with van der Waals surface area (Å²) >= 11 is 0. The zero-order valence-electron chi connectivity index (χ0n) is 11.1. The maximum absolute atomic E-state index is 4.41. The van der Waals surface area contributed by atoms with E-state index in [-0.39, 0.29) is 0 Å². The van der Waals surface area contributed by atoms with Gasteiger partial charge in [0.05, 0.1) is 0 Å². The molecule has 2 heterocycles. The Morgan fingerprint density at radius 1 is 1.00 bits per heavy atom. The van der Waals surface area contributed by atoms with Gasteiger partial charge in [0.25, 0.3) is 0 Å². The maximum atomic E-state index is 4.41. The van der Waals surface area contributed by atoms with Crippen LogP contribution in [0.2, 0.25) is 0 Å². The van der Waals surface area contributed by atoms with E-state index in [1.807, 2.05) is 6.20 Å². The lowest BCUT2D eigenvalue weighted by Crippen LogP contribution is -2.42. The summed E-state index contributed by atoms with van der Waals surface area (Å²) in [4.78, 5) is 11.2. The molecule has 1 aromatic rings. The molecule has 1 saturated heterocycles.